The molecule has 4 heteroatoms. The third-order valence-electron chi connectivity index (χ3n) is 2.77. The zero-order valence-electron chi connectivity index (χ0n) is 11.6. The summed E-state index contributed by atoms with van der Waals surface area (Å²) in [6, 6.07) is 16.6. The van der Waals surface area contributed by atoms with Crippen LogP contribution in [0.25, 0.3) is 0 Å². The zero-order chi connectivity index (χ0) is 15.1. The van der Waals surface area contributed by atoms with Crippen molar-refractivity contribution in [3.05, 3.63) is 65.7 Å². The normalized spacial score (nSPS) is 10.9. The summed E-state index contributed by atoms with van der Waals surface area (Å²) in [6.07, 6.45) is -1.58. The molecule has 0 radical (unpaired) electrons. The van der Waals surface area contributed by atoms with E-state index in [-0.39, 0.29) is 0 Å². The molecular formula is C17H15NO3. The lowest BCUT2D eigenvalue weighted by molar-refractivity contribution is 0.134. The SMILES string of the molecule is COc1ccc(C(C#Cc2ccccc2)OC(N)=O)cc1. The maximum Gasteiger partial charge on any atom is 0.406 e. The van der Waals surface area contributed by atoms with Gasteiger partial charge in [-0.15, -0.1) is 0 Å². The molecule has 0 spiro atoms. The fourth-order valence-electron chi connectivity index (χ4n) is 1.75. The standard InChI is InChI=1S/C17H15NO3/c1-20-15-10-8-14(9-11-15)16(21-17(18)19)12-7-13-5-3-2-4-6-13/h2-6,8-11,16H,1H3,(H2,18,19). The molecule has 0 aliphatic heterocycles. The smallest absolute Gasteiger partial charge is 0.406 e. The lowest BCUT2D eigenvalue weighted by Crippen LogP contribution is -2.16. The summed E-state index contributed by atoms with van der Waals surface area (Å²) in [5.41, 5.74) is 6.67. The first kappa shape index (κ1) is 14.5. The van der Waals surface area contributed by atoms with Gasteiger partial charge in [-0.2, -0.15) is 0 Å². The number of nitrogens with two attached hydrogens (primary N) is 1. The van der Waals surface area contributed by atoms with Crippen molar-refractivity contribution >= 4 is 6.09 Å². The summed E-state index contributed by atoms with van der Waals surface area (Å²) in [5, 5.41) is 0. The molecule has 1 amide bonds. The number of hydrogen-bond acceptors (Lipinski definition) is 3. The van der Waals surface area contributed by atoms with Gasteiger partial charge in [-0.1, -0.05) is 36.3 Å². The zero-order valence-corrected chi connectivity index (χ0v) is 11.6. The number of methoxy groups -OCH3 is 1. The fourth-order valence-corrected chi connectivity index (χ4v) is 1.75. The topological polar surface area (TPSA) is 61.6 Å². The third-order valence-corrected chi connectivity index (χ3v) is 2.77. The molecule has 2 aromatic carbocycles. The number of carbonyl (C=O) groups excluding carboxylic acids is 1. The Morgan fingerprint density at radius 2 is 1.76 bits per heavy atom. The Balaban J connectivity index is 2.25. The minimum Gasteiger partial charge on any atom is -0.497 e. The Bertz CT molecular complexity index is 654. The molecule has 2 aromatic rings. The number of primary amides is 1. The summed E-state index contributed by atoms with van der Waals surface area (Å²) in [4.78, 5) is 11.0. The largest absolute Gasteiger partial charge is 0.497 e. The van der Waals surface area contributed by atoms with Crippen LogP contribution < -0.4 is 10.5 Å². The van der Waals surface area contributed by atoms with Crippen LogP contribution in [0.15, 0.2) is 54.6 Å². The van der Waals surface area contributed by atoms with Crippen molar-refractivity contribution in [2.75, 3.05) is 7.11 Å². The number of ether oxygens (including phenoxy) is 2. The summed E-state index contributed by atoms with van der Waals surface area (Å²) in [6.45, 7) is 0. The van der Waals surface area contributed by atoms with Gasteiger partial charge >= 0.3 is 6.09 Å². The van der Waals surface area contributed by atoms with Crippen LogP contribution in [-0.2, 0) is 4.74 Å². The van der Waals surface area contributed by atoms with Crippen LogP contribution in [0.5, 0.6) is 5.75 Å². The molecule has 0 aliphatic carbocycles. The molecule has 1 unspecified atom stereocenters. The molecule has 0 fully saturated rings. The average molecular weight is 281 g/mol. The Kier molecular flexibility index (Phi) is 4.84. The Morgan fingerprint density at radius 3 is 2.33 bits per heavy atom. The second-order valence-corrected chi connectivity index (χ2v) is 4.23. The van der Waals surface area contributed by atoms with Crippen LogP contribution in [-0.4, -0.2) is 13.2 Å². The van der Waals surface area contributed by atoms with Gasteiger partial charge in [0.05, 0.1) is 7.11 Å². The van der Waals surface area contributed by atoms with E-state index in [2.05, 4.69) is 11.8 Å². The molecule has 2 N–H and O–H groups in total. The van der Waals surface area contributed by atoms with Gasteiger partial charge in [-0.3, -0.25) is 0 Å². The molecule has 0 aliphatic rings. The number of rotatable bonds is 3. The summed E-state index contributed by atoms with van der Waals surface area (Å²) < 4.78 is 10.1. The van der Waals surface area contributed by atoms with Crippen molar-refractivity contribution in [1.82, 2.24) is 0 Å². The van der Waals surface area contributed by atoms with Crippen LogP contribution in [0, 0.1) is 11.8 Å². The average Bonchev–Trinajstić information content (AvgIpc) is 2.52. The maximum atomic E-state index is 11.0. The lowest BCUT2D eigenvalue weighted by Gasteiger charge is -2.11. The van der Waals surface area contributed by atoms with E-state index >= 15 is 0 Å². The van der Waals surface area contributed by atoms with E-state index in [0.29, 0.717) is 5.75 Å². The van der Waals surface area contributed by atoms with Crippen LogP contribution in [0.4, 0.5) is 4.79 Å². The van der Waals surface area contributed by atoms with E-state index < -0.39 is 12.2 Å². The third kappa shape index (κ3) is 4.29. The van der Waals surface area contributed by atoms with Gasteiger partial charge in [-0.05, 0) is 30.2 Å². The van der Waals surface area contributed by atoms with Crippen LogP contribution >= 0.6 is 0 Å². The molecule has 0 saturated heterocycles. The van der Waals surface area contributed by atoms with Gasteiger partial charge in [-0.25, -0.2) is 4.79 Å². The summed E-state index contributed by atoms with van der Waals surface area (Å²) in [5.74, 6) is 6.59. The van der Waals surface area contributed by atoms with Gasteiger partial charge in [0, 0.05) is 11.1 Å². The highest BCUT2D eigenvalue weighted by Crippen LogP contribution is 2.20. The first-order valence-electron chi connectivity index (χ1n) is 6.35. The molecule has 0 aromatic heterocycles. The van der Waals surface area contributed by atoms with Gasteiger partial charge in [0.25, 0.3) is 0 Å². The Morgan fingerprint density at radius 1 is 1.10 bits per heavy atom. The molecule has 4 nitrogen and oxygen atoms in total. The van der Waals surface area contributed by atoms with Gasteiger partial charge in [0.1, 0.15) is 5.75 Å². The number of carbonyl (C=O) groups is 1. The molecule has 2 rings (SSSR count). The van der Waals surface area contributed by atoms with E-state index in [4.69, 9.17) is 15.2 Å². The predicted molar refractivity (Wildman–Crippen MR) is 79.7 cm³/mol. The van der Waals surface area contributed by atoms with Crippen LogP contribution in [0.1, 0.15) is 17.2 Å². The van der Waals surface area contributed by atoms with Crippen LogP contribution in [0.3, 0.4) is 0 Å². The number of hydrogen-bond donors (Lipinski definition) is 1. The van der Waals surface area contributed by atoms with Gasteiger partial charge < -0.3 is 15.2 Å². The van der Waals surface area contributed by atoms with E-state index in [1.807, 2.05) is 30.3 Å². The van der Waals surface area contributed by atoms with Gasteiger partial charge in [0.15, 0.2) is 6.10 Å². The summed E-state index contributed by atoms with van der Waals surface area (Å²) in [7, 11) is 1.58. The molecule has 1 atom stereocenters. The van der Waals surface area contributed by atoms with E-state index in [9.17, 15) is 4.79 Å². The van der Waals surface area contributed by atoms with Crippen molar-refractivity contribution in [3.8, 4) is 17.6 Å². The molecular weight excluding hydrogens is 266 g/mol. The molecule has 0 heterocycles. The lowest BCUT2D eigenvalue weighted by atomic mass is 10.1. The Hall–Kier alpha value is -2.93. The predicted octanol–water partition coefficient (Wildman–Crippen LogP) is 2.88. The highest BCUT2D eigenvalue weighted by molar-refractivity contribution is 5.65. The fraction of sp³-hybridized carbons (Fsp3) is 0.118. The molecule has 0 bridgehead atoms. The molecule has 0 saturated carbocycles. The molecule has 106 valence electrons. The summed E-state index contributed by atoms with van der Waals surface area (Å²) >= 11 is 0. The van der Waals surface area contributed by atoms with E-state index in [1.54, 1.807) is 31.4 Å². The minimum atomic E-state index is -0.863. The van der Waals surface area contributed by atoms with Crippen molar-refractivity contribution in [1.29, 1.82) is 0 Å². The molecule has 21 heavy (non-hydrogen) atoms. The maximum absolute atomic E-state index is 11.0. The van der Waals surface area contributed by atoms with Crippen molar-refractivity contribution in [3.63, 3.8) is 0 Å². The van der Waals surface area contributed by atoms with Crippen molar-refractivity contribution in [2.24, 2.45) is 5.73 Å². The number of benzene rings is 2. The van der Waals surface area contributed by atoms with Crippen molar-refractivity contribution in [2.45, 2.75) is 6.10 Å². The minimum absolute atomic E-state index is 0.714. The van der Waals surface area contributed by atoms with Gasteiger partial charge in [0.2, 0.25) is 0 Å². The monoisotopic (exact) mass is 281 g/mol. The second kappa shape index (κ2) is 7.01. The first-order chi connectivity index (χ1) is 10.2. The first-order valence-corrected chi connectivity index (χ1v) is 6.35. The van der Waals surface area contributed by atoms with E-state index in [0.717, 1.165) is 11.1 Å². The highest BCUT2D eigenvalue weighted by Gasteiger charge is 2.12. The number of amides is 1. The Labute approximate surface area is 123 Å². The quantitative estimate of drug-likeness (QED) is 0.880. The second-order valence-electron chi connectivity index (χ2n) is 4.23. The highest BCUT2D eigenvalue weighted by atomic mass is 16.6. The van der Waals surface area contributed by atoms with Crippen molar-refractivity contribution < 1.29 is 14.3 Å². The van der Waals surface area contributed by atoms with E-state index in [1.165, 1.54) is 0 Å². The van der Waals surface area contributed by atoms with Crippen LogP contribution in [0.2, 0.25) is 0 Å².